The maximum Gasteiger partial charge on any atom is 0.196 e. The van der Waals surface area contributed by atoms with E-state index < -0.39 is 0 Å². The molecule has 3 aromatic carbocycles. The Morgan fingerprint density at radius 2 is 1.58 bits per heavy atom. The predicted octanol–water partition coefficient (Wildman–Crippen LogP) is 4.49. The second-order valence-corrected chi connectivity index (χ2v) is 7.56. The number of guanidine groups is 1. The van der Waals surface area contributed by atoms with Gasteiger partial charge in [-0.25, -0.2) is 4.99 Å². The van der Waals surface area contributed by atoms with E-state index in [4.69, 9.17) is 15.2 Å². The van der Waals surface area contributed by atoms with E-state index in [0.29, 0.717) is 12.6 Å². The summed E-state index contributed by atoms with van der Waals surface area (Å²) < 4.78 is 11.1. The highest BCUT2D eigenvalue weighted by Gasteiger charge is 2.27. The number of nitrogens with zero attached hydrogens (tertiary/aromatic N) is 2. The molecule has 1 unspecified atom stereocenters. The Morgan fingerprint density at radius 3 is 2.26 bits per heavy atom. The molecule has 5 nitrogen and oxygen atoms in total. The van der Waals surface area contributed by atoms with Gasteiger partial charge in [0.1, 0.15) is 18.1 Å². The zero-order valence-electron chi connectivity index (χ0n) is 17.9. The first-order valence-corrected chi connectivity index (χ1v) is 10.3. The summed E-state index contributed by atoms with van der Waals surface area (Å²) in [4.78, 5) is 6.61. The molecule has 0 bridgehead atoms. The van der Waals surface area contributed by atoms with Crippen LogP contribution in [-0.4, -0.2) is 31.1 Å². The highest BCUT2D eigenvalue weighted by molar-refractivity contribution is 5.84. The summed E-state index contributed by atoms with van der Waals surface area (Å²) in [5, 5.41) is 0. The minimum Gasteiger partial charge on any atom is -0.497 e. The lowest BCUT2D eigenvalue weighted by atomic mass is 10.0. The second kappa shape index (κ2) is 9.39. The molecule has 158 valence electrons. The van der Waals surface area contributed by atoms with Crippen molar-refractivity contribution >= 4 is 12.0 Å². The molecular formula is C26H27N3O2. The lowest BCUT2D eigenvalue weighted by Crippen LogP contribution is -2.37. The summed E-state index contributed by atoms with van der Waals surface area (Å²) >= 11 is 0. The summed E-state index contributed by atoms with van der Waals surface area (Å²) in [6.07, 6.45) is 2.89. The van der Waals surface area contributed by atoms with Crippen LogP contribution in [0.2, 0.25) is 0 Å². The molecule has 0 aromatic heterocycles. The van der Waals surface area contributed by atoms with Crippen LogP contribution in [0.25, 0.3) is 6.08 Å². The van der Waals surface area contributed by atoms with Crippen LogP contribution >= 0.6 is 0 Å². The third kappa shape index (κ3) is 5.07. The third-order valence-corrected chi connectivity index (χ3v) is 5.45. The number of likely N-dealkylation sites (N-methyl/N-ethyl adjacent to an activating group) is 1. The molecule has 1 aliphatic rings. The first kappa shape index (κ1) is 20.5. The number of methoxy groups -OCH3 is 1. The smallest absolute Gasteiger partial charge is 0.196 e. The SMILES string of the molecule is COc1ccc(C=C2N=C(N)N(C)C2Cc2ccc(OCc3ccccc3)cc2)cc1. The van der Waals surface area contributed by atoms with Crippen LogP contribution in [0.3, 0.4) is 0 Å². The van der Waals surface area contributed by atoms with Crippen molar-refractivity contribution in [2.45, 2.75) is 19.1 Å². The van der Waals surface area contributed by atoms with E-state index in [1.807, 2.05) is 66.5 Å². The summed E-state index contributed by atoms with van der Waals surface area (Å²) in [5.41, 5.74) is 10.5. The lowest BCUT2D eigenvalue weighted by Gasteiger charge is -2.22. The van der Waals surface area contributed by atoms with Gasteiger partial charge in [-0.15, -0.1) is 0 Å². The van der Waals surface area contributed by atoms with Crippen LogP contribution < -0.4 is 15.2 Å². The number of hydrogen-bond donors (Lipinski definition) is 1. The maximum absolute atomic E-state index is 6.13. The Bertz CT molecular complexity index is 1060. The van der Waals surface area contributed by atoms with Gasteiger partial charge in [-0.3, -0.25) is 0 Å². The maximum atomic E-state index is 6.13. The molecule has 2 N–H and O–H groups in total. The summed E-state index contributed by atoms with van der Waals surface area (Å²) in [5.74, 6) is 2.23. The molecule has 31 heavy (non-hydrogen) atoms. The Hall–Kier alpha value is -3.73. The summed E-state index contributed by atoms with van der Waals surface area (Å²) in [6, 6.07) is 26.4. The van der Waals surface area contributed by atoms with Crippen molar-refractivity contribution in [2.75, 3.05) is 14.2 Å². The van der Waals surface area contributed by atoms with Gasteiger partial charge in [-0.1, -0.05) is 54.6 Å². The van der Waals surface area contributed by atoms with Gasteiger partial charge in [-0.05, 0) is 53.5 Å². The van der Waals surface area contributed by atoms with E-state index >= 15 is 0 Å². The molecule has 1 heterocycles. The number of nitrogens with two attached hydrogens (primary N) is 1. The molecule has 3 aromatic rings. The molecule has 1 atom stereocenters. The summed E-state index contributed by atoms with van der Waals surface area (Å²) in [6.45, 7) is 0.560. The molecule has 5 heteroatoms. The van der Waals surface area contributed by atoms with Crippen molar-refractivity contribution in [1.82, 2.24) is 4.90 Å². The van der Waals surface area contributed by atoms with E-state index in [1.54, 1.807) is 7.11 Å². The molecule has 4 rings (SSSR count). The van der Waals surface area contributed by atoms with Crippen LogP contribution in [0, 0.1) is 0 Å². The topological polar surface area (TPSA) is 60.1 Å². The zero-order chi connectivity index (χ0) is 21.6. The molecule has 0 saturated heterocycles. The van der Waals surface area contributed by atoms with Crippen molar-refractivity contribution in [3.63, 3.8) is 0 Å². The van der Waals surface area contributed by atoms with Gasteiger partial charge < -0.3 is 20.1 Å². The fourth-order valence-corrected chi connectivity index (χ4v) is 3.57. The van der Waals surface area contributed by atoms with Gasteiger partial charge in [0.15, 0.2) is 5.96 Å². The van der Waals surface area contributed by atoms with Crippen molar-refractivity contribution < 1.29 is 9.47 Å². The van der Waals surface area contributed by atoms with Gasteiger partial charge >= 0.3 is 0 Å². The highest BCUT2D eigenvalue weighted by Crippen LogP contribution is 2.26. The zero-order valence-corrected chi connectivity index (χ0v) is 17.9. The first-order valence-electron chi connectivity index (χ1n) is 10.3. The van der Waals surface area contributed by atoms with Gasteiger partial charge in [-0.2, -0.15) is 0 Å². The van der Waals surface area contributed by atoms with Crippen LogP contribution in [0.1, 0.15) is 16.7 Å². The average Bonchev–Trinajstić information content (AvgIpc) is 3.07. The number of aliphatic imine (C=N–C) groups is 1. The standard InChI is InChI=1S/C26H27N3O2/c1-29-25(24(28-26(29)27)16-19-8-12-22(30-2)13-9-19)17-20-10-14-23(15-11-20)31-18-21-6-4-3-5-7-21/h3-16,25H,17-18H2,1-2H3,(H2,27,28). The Balaban J connectivity index is 1.44. The van der Waals surface area contributed by atoms with Crippen molar-refractivity contribution in [2.24, 2.45) is 10.7 Å². The van der Waals surface area contributed by atoms with Crippen molar-refractivity contribution in [3.8, 4) is 11.5 Å². The van der Waals surface area contributed by atoms with Gasteiger partial charge in [0, 0.05) is 7.05 Å². The molecular weight excluding hydrogens is 386 g/mol. The van der Waals surface area contributed by atoms with Gasteiger partial charge in [0.05, 0.1) is 18.8 Å². The van der Waals surface area contributed by atoms with Crippen LogP contribution in [0.5, 0.6) is 11.5 Å². The fourth-order valence-electron chi connectivity index (χ4n) is 3.57. The van der Waals surface area contributed by atoms with Crippen LogP contribution in [0.15, 0.2) is 89.6 Å². The van der Waals surface area contributed by atoms with Gasteiger partial charge in [0.2, 0.25) is 0 Å². The van der Waals surface area contributed by atoms with Crippen molar-refractivity contribution in [3.05, 3.63) is 101 Å². The number of hydrogen-bond acceptors (Lipinski definition) is 5. The molecule has 0 radical (unpaired) electrons. The van der Waals surface area contributed by atoms with Gasteiger partial charge in [0.25, 0.3) is 0 Å². The number of rotatable bonds is 7. The number of ether oxygens (including phenoxy) is 2. The van der Waals surface area contributed by atoms with E-state index in [0.717, 1.165) is 34.7 Å². The quantitative estimate of drug-likeness (QED) is 0.620. The highest BCUT2D eigenvalue weighted by atomic mass is 16.5. The molecule has 0 saturated carbocycles. The third-order valence-electron chi connectivity index (χ3n) is 5.45. The molecule has 0 aliphatic carbocycles. The van der Waals surface area contributed by atoms with Crippen LogP contribution in [-0.2, 0) is 13.0 Å². The van der Waals surface area contributed by atoms with E-state index in [-0.39, 0.29) is 6.04 Å². The monoisotopic (exact) mass is 413 g/mol. The Labute approximate surface area is 183 Å². The van der Waals surface area contributed by atoms with E-state index in [2.05, 4.69) is 35.3 Å². The largest absolute Gasteiger partial charge is 0.497 e. The van der Waals surface area contributed by atoms with Crippen LogP contribution in [0.4, 0.5) is 0 Å². The fraction of sp³-hybridized carbons (Fsp3) is 0.192. The molecule has 1 aliphatic heterocycles. The van der Waals surface area contributed by atoms with E-state index in [1.165, 1.54) is 5.56 Å². The predicted molar refractivity (Wildman–Crippen MR) is 125 cm³/mol. The minimum absolute atomic E-state index is 0.0817. The number of benzene rings is 3. The van der Waals surface area contributed by atoms with E-state index in [9.17, 15) is 0 Å². The Morgan fingerprint density at radius 1 is 0.903 bits per heavy atom. The normalized spacial score (nSPS) is 17.0. The minimum atomic E-state index is 0.0817. The Kier molecular flexibility index (Phi) is 6.22. The average molecular weight is 414 g/mol. The van der Waals surface area contributed by atoms with Crippen molar-refractivity contribution in [1.29, 1.82) is 0 Å². The molecule has 0 fully saturated rings. The first-order chi connectivity index (χ1) is 15.1. The lowest BCUT2D eigenvalue weighted by molar-refractivity contribution is 0.306. The molecule has 0 spiro atoms. The molecule has 0 amide bonds. The second-order valence-electron chi connectivity index (χ2n) is 7.56. The summed E-state index contributed by atoms with van der Waals surface area (Å²) in [7, 11) is 3.65.